The van der Waals surface area contributed by atoms with E-state index in [-0.39, 0.29) is 11.8 Å². The van der Waals surface area contributed by atoms with Crippen LogP contribution in [0.3, 0.4) is 0 Å². The number of piperidine rings is 1. The number of anilines is 1. The molecule has 1 amide bonds. The van der Waals surface area contributed by atoms with Gasteiger partial charge in [-0.1, -0.05) is 59.4 Å². The van der Waals surface area contributed by atoms with Crippen molar-refractivity contribution in [1.82, 2.24) is 14.5 Å². The maximum Gasteiger partial charge on any atom is 0.243 e. The van der Waals surface area contributed by atoms with E-state index in [9.17, 15) is 13.2 Å². The maximum absolute atomic E-state index is 12.8. The van der Waals surface area contributed by atoms with Crippen LogP contribution in [0.2, 0.25) is 0 Å². The Kier molecular flexibility index (Phi) is 6.45. The molecule has 4 rings (SSSR count). The first-order valence-corrected chi connectivity index (χ1v) is 12.4. The molecule has 1 aromatic heterocycles. The van der Waals surface area contributed by atoms with Gasteiger partial charge in [-0.25, -0.2) is 8.42 Å². The molecule has 1 fully saturated rings. The zero-order chi connectivity index (χ0) is 21.8. The third kappa shape index (κ3) is 5.17. The van der Waals surface area contributed by atoms with Gasteiger partial charge in [0.15, 0.2) is 0 Å². The van der Waals surface area contributed by atoms with Gasteiger partial charge >= 0.3 is 0 Å². The highest BCUT2D eigenvalue weighted by molar-refractivity contribution is 7.89. The third-order valence-corrected chi connectivity index (χ3v) is 8.13. The molecule has 7 nitrogen and oxygen atoms in total. The average molecular weight is 457 g/mol. The second kappa shape index (κ2) is 9.25. The summed E-state index contributed by atoms with van der Waals surface area (Å²) < 4.78 is 27.1. The van der Waals surface area contributed by atoms with Crippen molar-refractivity contribution in [2.75, 3.05) is 18.4 Å². The summed E-state index contributed by atoms with van der Waals surface area (Å²) in [6, 6.07) is 16.8. The second-order valence-corrected chi connectivity index (χ2v) is 10.6. The monoisotopic (exact) mass is 456 g/mol. The Hall–Kier alpha value is -2.62. The van der Waals surface area contributed by atoms with Crippen LogP contribution in [0.1, 0.15) is 29.0 Å². The number of benzene rings is 2. The molecular formula is C22H24N4O3S2. The first-order chi connectivity index (χ1) is 14.9. The normalized spacial score (nSPS) is 15.6. The van der Waals surface area contributed by atoms with Gasteiger partial charge in [0.25, 0.3) is 0 Å². The molecule has 0 aliphatic carbocycles. The highest BCUT2D eigenvalue weighted by atomic mass is 32.2. The summed E-state index contributed by atoms with van der Waals surface area (Å²) in [6.45, 7) is 2.57. The van der Waals surface area contributed by atoms with Crippen molar-refractivity contribution in [1.29, 1.82) is 0 Å². The van der Waals surface area contributed by atoms with Crippen molar-refractivity contribution >= 4 is 32.4 Å². The Morgan fingerprint density at radius 3 is 2.42 bits per heavy atom. The van der Waals surface area contributed by atoms with Gasteiger partial charge in [-0.05, 0) is 37.5 Å². The summed E-state index contributed by atoms with van der Waals surface area (Å²) >= 11 is 1.36. The number of aryl methyl sites for hydroxylation is 1. The molecule has 0 spiro atoms. The van der Waals surface area contributed by atoms with Crippen LogP contribution in [0.4, 0.5) is 5.13 Å². The van der Waals surface area contributed by atoms with Crippen LogP contribution >= 0.6 is 11.3 Å². The number of amides is 1. The Labute approximate surface area is 186 Å². The Balaban J connectivity index is 1.32. The Morgan fingerprint density at radius 1 is 1.06 bits per heavy atom. The molecule has 1 aliphatic rings. The summed E-state index contributed by atoms with van der Waals surface area (Å²) in [4.78, 5) is 13.0. The van der Waals surface area contributed by atoms with E-state index >= 15 is 0 Å². The highest BCUT2D eigenvalue weighted by Gasteiger charge is 2.32. The topological polar surface area (TPSA) is 92.3 Å². The number of aromatic nitrogens is 2. The molecule has 3 aromatic rings. The van der Waals surface area contributed by atoms with Crippen molar-refractivity contribution in [2.24, 2.45) is 5.92 Å². The number of hydrogen-bond donors (Lipinski definition) is 1. The number of carbonyl (C=O) groups excluding carboxylic acids is 1. The standard InChI is InChI=1S/C22H24N4O3S2/c1-16-7-9-19(10-8-16)31(28,29)26-13-11-18(12-14-26)21(27)23-22-25-24-20(30-22)15-17-5-3-2-4-6-17/h2-10,18H,11-15H2,1H3,(H,23,25,27). The van der Waals surface area contributed by atoms with Gasteiger partial charge in [0, 0.05) is 25.4 Å². The molecule has 9 heteroatoms. The van der Waals surface area contributed by atoms with E-state index in [0.717, 1.165) is 16.1 Å². The minimum atomic E-state index is -3.53. The van der Waals surface area contributed by atoms with Gasteiger partial charge in [0.05, 0.1) is 4.90 Å². The molecule has 1 saturated heterocycles. The van der Waals surface area contributed by atoms with Crippen molar-refractivity contribution in [3.05, 3.63) is 70.7 Å². The molecular weight excluding hydrogens is 432 g/mol. The lowest BCUT2D eigenvalue weighted by molar-refractivity contribution is -0.120. The fraction of sp³-hybridized carbons (Fsp3) is 0.318. The van der Waals surface area contributed by atoms with Gasteiger partial charge < -0.3 is 5.32 Å². The summed E-state index contributed by atoms with van der Waals surface area (Å²) in [5.74, 6) is -0.374. The van der Waals surface area contributed by atoms with E-state index < -0.39 is 10.0 Å². The van der Waals surface area contributed by atoms with Crippen molar-refractivity contribution < 1.29 is 13.2 Å². The number of nitrogens with zero attached hydrogens (tertiary/aromatic N) is 3. The number of sulfonamides is 1. The van der Waals surface area contributed by atoms with E-state index in [0.29, 0.717) is 42.4 Å². The van der Waals surface area contributed by atoms with Crippen LogP contribution in [-0.4, -0.2) is 41.9 Å². The van der Waals surface area contributed by atoms with Crippen LogP contribution in [0.25, 0.3) is 0 Å². The molecule has 31 heavy (non-hydrogen) atoms. The first-order valence-electron chi connectivity index (χ1n) is 10.2. The van der Waals surface area contributed by atoms with E-state index in [1.165, 1.54) is 15.6 Å². The smallest absolute Gasteiger partial charge is 0.243 e. The van der Waals surface area contributed by atoms with Gasteiger partial charge in [0.2, 0.25) is 21.1 Å². The minimum Gasteiger partial charge on any atom is -0.300 e. The minimum absolute atomic E-state index is 0.130. The lowest BCUT2D eigenvalue weighted by Gasteiger charge is -2.30. The molecule has 0 unspecified atom stereocenters. The predicted molar refractivity (Wildman–Crippen MR) is 120 cm³/mol. The largest absolute Gasteiger partial charge is 0.300 e. The van der Waals surface area contributed by atoms with E-state index in [2.05, 4.69) is 15.5 Å². The summed E-state index contributed by atoms with van der Waals surface area (Å²) in [5.41, 5.74) is 2.15. The fourth-order valence-electron chi connectivity index (χ4n) is 3.57. The van der Waals surface area contributed by atoms with Crippen LogP contribution in [-0.2, 0) is 21.2 Å². The van der Waals surface area contributed by atoms with Crippen LogP contribution < -0.4 is 5.32 Å². The maximum atomic E-state index is 12.8. The van der Waals surface area contributed by atoms with E-state index in [1.54, 1.807) is 24.3 Å². The van der Waals surface area contributed by atoms with Gasteiger partial charge in [0.1, 0.15) is 5.01 Å². The predicted octanol–water partition coefficient (Wildman–Crippen LogP) is 3.48. The molecule has 1 N–H and O–H groups in total. The lowest BCUT2D eigenvalue weighted by Crippen LogP contribution is -2.41. The van der Waals surface area contributed by atoms with Crippen LogP contribution in [0.15, 0.2) is 59.5 Å². The second-order valence-electron chi connectivity index (χ2n) is 7.64. The third-order valence-electron chi connectivity index (χ3n) is 5.38. The van der Waals surface area contributed by atoms with E-state index in [4.69, 9.17) is 0 Å². The van der Waals surface area contributed by atoms with Crippen LogP contribution in [0.5, 0.6) is 0 Å². The quantitative estimate of drug-likeness (QED) is 0.613. The fourth-order valence-corrected chi connectivity index (χ4v) is 5.82. The average Bonchev–Trinajstić information content (AvgIpc) is 3.21. The number of nitrogens with one attached hydrogen (secondary N) is 1. The molecule has 2 heterocycles. The molecule has 1 aliphatic heterocycles. The molecule has 0 saturated carbocycles. The SMILES string of the molecule is Cc1ccc(S(=O)(=O)N2CCC(C(=O)Nc3nnc(Cc4ccccc4)s3)CC2)cc1. The molecule has 0 radical (unpaired) electrons. The Morgan fingerprint density at radius 2 is 1.74 bits per heavy atom. The molecule has 162 valence electrons. The molecule has 2 aromatic carbocycles. The zero-order valence-corrected chi connectivity index (χ0v) is 18.8. The van der Waals surface area contributed by atoms with Crippen LogP contribution in [0, 0.1) is 12.8 Å². The lowest BCUT2D eigenvalue weighted by atomic mass is 9.97. The zero-order valence-electron chi connectivity index (χ0n) is 17.2. The van der Waals surface area contributed by atoms with Crippen molar-refractivity contribution in [2.45, 2.75) is 31.1 Å². The highest BCUT2D eigenvalue weighted by Crippen LogP contribution is 2.26. The number of hydrogen-bond acceptors (Lipinski definition) is 6. The van der Waals surface area contributed by atoms with Gasteiger partial charge in [-0.3, -0.25) is 4.79 Å². The summed E-state index contributed by atoms with van der Waals surface area (Å²) in [5, 5.41) is 12.4. The first kappa shape index (κ1) is 21.6. The summed E-state index contributed by atoms with van der Waals surface area (Å²) in [7, 11) is -3.53. The summed E-state index contributed by atoms with van der Waals surface area (Å²) in [6.07, 6.45) is 1.63. The number of carbonyl (C=O) groups is 1. The van der Waals surface area contributed by atoms with Crippen molar-refractivity contribution in [3.8, 4) is 0 Å². The molecule has 0 atom stereocenters. The van der Waals surface area contributed by atoms with Gasteiger partial charge in [-0.2, -0.15) is 4.31 Å². The van der Waals surface area contributed by atoms with Crippen molar-refractivity contribution in [3.63, 3.8) is 0 Å². The Bertz CT molecular complexity index is 1140. The number of rotatable bonds is 6. The van der Waals surface area contributed by atoms with Gasteiger partial charge in [-0.15, -0.1) is 10.2 Å². The molecule has 0 bridgehead atoms. The van der Waals surface area contributed by atoms with E-state index in [1.807, 2.05) is 37.3 Å².